The minimum absolute atomic E-state index is 0.406. The molecule has 0 spiro atoms. The first-order valence-corrected chi connectivity index (χ1v) is 4.53. The molecule has 68 valence electrons. The lowest BCUT2D eigenvalue weighted by molar-refractivity contribution is 0.510. The van der Waals surface area contributed by atoms with Crippen molar-refractivity contribution in [2.24, 2.45) is 0 Å². The summed E-state index contributed by atoms with van der Waals surface area (Å²) < 4.78 is 5.23. The normalized spacial score (nSPS) is 13.2. The Hall–Kier alpha value is -0.760. The van der Waals surface area contributed by atoms with Crippen LogP contribution in [0, 0.1) is 6.92 Å². The van der Waals surface area contributed by atoms with Crippen LogP contribution in [0.25, 0.3) is 0 Å². The zero-order valence-electron chi connectivity index (χ0n) is 8.05. The predicted octanol–water partition coefficient (Wildman–Crippen LogP) is 2.65. The molecule has 0 radical (unpaired) electrons. The van der Waals surface area contributed by atoms with Crippen molar-refractivity contribution < 1.29 is 4.42 Å². The van der Waals surface area contributed by atoms with Gasteiger partial charge in [-0.05, 0) is 32.9 Å². The van der Waals surface area contributed by atoms with E-state index in [1.54, 1.807) is 6.26 Å². The van der Waals surface area contributed by atoms with Gasteiger partial charge < -0.3 is 9.73 Å². The van der Waals surface area contributed by atoms with Crippen LogP contribution in [0.5, 0.6) is 0 Å². The van der Waals surface area contributed by atoms with Crippen molar-refractivity contribution in [1.82, 2.24) is 5.32 Å². The first kappa shape index (κ1) is 9.33. The molecule has 0 amide bonds. The number of rotatable bonds is 4. The van der Waals surface area contributed by atoms with Crippen LogP contribution in [-0.4, -0.2) is 6.54 Å². The number of hydrogen-bond acceptors (Lipinski definition) is 2. The maximum Gasteiger partial charge on any atom is 0.105 e. The maximum atomic E-state index is 5.23. The average molecular weight is 167 g/mol. The van der Waals surface area contributed by atoms with E-state index in [0.717, 1.165) is 12.3 Å². The number of hydrogen-bond donors (Lipinski definition) is 1. The third-order valence-electron chi connectivity index (χ3n) is 2.07. The van der Waals surface area contributed by atoms with Gasteiger partial charge in [-0.25, -0.2) is 0 Å². The molecule has 0 aliphatic carbocycles. The molecule has 2 heteroatoms. The van der Waals surface area contributed by atoms with Crippen molar-refractivity contribution >= 4 is 0 Å². The average Bonchev–Trinajstić information content (AvgIpc) is 2.47. The van der Waals surface area contributed by atoms with E-state index in [1.165, 1.54) is 12.0 Å². The molecule has 0 saturated heterocycles. The van der Waals surface area contributed by atoms with Gasteiger partial charge in [-0.1, -0.05) is 6.92 Å². The lowest BCUT2D eigenvalue weighted by Crippen LogP contribution is -2.19. The van der Waals surface area contributed by atoms with Gasteiger partial charge in [0.15, 0.2) is 0 Å². The van der Waals surface area contributed by atoms with E-state index in [0.29, 0.717) is 6.04 Å². The molecule has 1 unspecified atom stereocenters. The van der Waals surface area contributed by atoms with Crippen LogP contribution in [0.4, 0.5) is 0 Å². The Morgan fingerprint density at radius 1 is 1.58 bits per heavy atom. The summed E-state index contributed by atoms with van der Waals surface area (Å²) in [5, 5.41) is 3.42. The van der Waals surface area contributed by atoms with E-state index in [9.17, 15) is 0 Å². The molecule has 1 heterocycles. The lowest BCUT2D eigenvalue weighted by atomic mass is 10.1. The number of nitrogens with one attached hydrogen (secondary N) is 1. The van der Waals surface area contributed by atoms with Crippen LogP contribution in [0.15, 0.2) is 16.7 Å². The summed E-state index contributed by atoms with van der Waals surface area (Å²) in [5.41, 5.74) is 1.27. The molecule has 12 heavy (non-hydrogen) atoms. The van der Waals surface area contributed by atoms with Gasteiger partial charge in [-0.2, -0.15) is 0 Å². The van der Waals surface area contributed by atoms with Gasteiger partial charge in [0.2, 0.25) is 0 Å². The van der Waals surface area contributed by atoms with Crippen LogP contribution in [0.3, 0.4) is 0 Å². The minimum atomic E-state index is 0.406. The molecule has 0 aliphatic rings. The fourth-order valence-electron chi connectivity index (χ4n) is 1.31. The van der Waals surface area contributed by atoms with E-state index in [2.05, 4.69) is 19.2 Å². The zero-order valence-corrected chi connectivity index (χ0v) is 8.05. The van der Waals surface area contributed by atoms with Gasteiger partial charge in [0.1, 0.15) is 5.76 Å². The minimum Gasteiger partial charge on any atom is -0.469 e. The molecule has 0 saturated carbocycles. The molecule has 1 aromatic heterocycles. The molecule has 0 aliphatic heterocycles. The molecule has 0 aromatic carbocycles. The SMILES string of the molecule is CCCNC(C)c1ccoc1C. The summed E-state index contributed by atoms with van der Waals surface area (Å²) in [5.74, 6) is 1.02. The highest BCUT2D eigenvalue weighted by Crippen LogP contribution is 2.17. The Labute approximate surface area is 74.0 Å². The van der Waals surface area contributed by atoms with E-state index in [-0.39, 0.29) is 0 Å². The monoisotopic (exact) mass is 167 g/mol. The highest BCUT2D eigenvalue weighted by Gasteiger charge is 2.08. The van der Waals surface area contributed by atoms with Gasteiger partial charge >= 0.3 is 0 Å². The van der Waals surface area contributed by atoms with Crippen molar-refractivity contribution in [3.63, 3.8) is 0 Å². The Morgan fingerprint density at radius 3 is 2.83 bits per heavy atom. The fourth-order valence-corrected chi connectivity index (χ4v) is 1.31. The van der Waals surface area contributed by atoms with Crippen LogP contribution >= 0.6 is 0 Å². The van der Waals surface area contributed by atoms with Crippen LogP contribution < -0.4 is 5.32 Å². The first-order chi connectivity index (χ1) is 5.75. The Bertz CT molecular complexity index is 229. The summed E-state index contributed by atoms with van der Waals surface area (Å²) in [6, 6.07) is 2.44. The number of aryl methyl sites for hydroxylation is 1. The molecule has 1 rings (SSSR count). The van der Waals surface area contributed by atoms with Crippen molar-refractivity contribution in [2.75, 3.05) is 6.54 Å². The van der Waals surface area contributed by atoms with E-state index < -0.39 is 0 Å². The summed E-state index contributed by atoms with van der Waals surface area (Å²) >= 11 is 0. The van der Waals surface area contributed by atoms with Crippen molar-refractivity contribution in [2.45, 2.75) is 33.2 Å². The van der Waals surface area contributed by atoms with Gasteiger partial charge in [-0.15, -0.1) is 0 Å². The molecule has 1 aromatic rings. The molecular weight excluding hydrogens is 150 g/mol. The summed E-state index contributed by atoms with van der Waals surface area (Å²) in [6.45, 7) is 7.39. The molecular formula is C10H17NO. The molecule has 1 N–H and O–H groups in total. The van der Waals surface area contributed by atoms with E-state index in [1.807, 2.05) is 13.0 Å². The summed E-state index contributed by atoms with van der Waals surface area (Å²) in [4.78, 5) is 0. The smallest absolute Gasteiger partial charge is 0.105 e. The first-order valence-electron chi connectivity index (χ1n) is 4.53. The van der Waals surface area contributed by atoms with Crippen molar-refractivity contribution in [1.29, 1.82) is 0 Å². The highest BCUT2D eigenvalue weighted by molar-refractivity contribution is 5.19. The van der Waals surface area contributed by atoms with E-state index >= 15 is 0 Å². The predicted molar refractivity (Wildman–Crippen MR) is 50.2 cm³/mol. The van der Waals surface area contributed by atoms with Gasteiger partial charge in [-0.3, -0.25) is 0 Å². The fraction of sp³-hybridized carbons (Fsp3) is 0.600. The van der Waals surface area contributed by atoms with E-state index in [4.69, 9.17) is 4.42 Å². The second-order valence-corrected chi connectivity index (χ2v) is 3.11. The summed E-state index contributed by atoms with van der Waals surface area (Å²) in [7, 11) is 0. The lowest BCUT2D eigenvalue weighted by Gasteiger charge is -2.11. The maximum absolute atomic E-state index is 5.23. The van der Waals surface area contributed by atoms with Crippen LogP contribution in [0.1, 0.15) is 37.6 Å². The number of furan rings is 1. The quantitative estimate of drug-likeness (QED) is 0.745. The third-order valence-corrected chi connectivity index (χ3v) is 2.07. The molecule has 1 atom stereocenters. The summed E-state index contributed by atoms with van der Waals surface area (Å²) in [6.07, 6.45) is 2.91. The van der Waals surface area contributed by atoms with Crippen LogP contribution in [-0.2, 0) is 0 Å². The second kappa shape index (κ2) is 4.31. The van der Waals surface area contributed by atoms with Crippen molar-refractivity contribution in [3.05, 3.63) is 23.7 Å². The van der Waals surface area contributed by atoms with Crippen LogP contribution in [0.2, 0.25) is 0 Å². The third kappa shape index (κ3) is 2.11. The second-order valence-electron chi connectivity index (χ2n) is 3.11. The topological polar surface area (TPSA) is 25.2 Å². The Balaban J connectivity index is 2.52. The van der Waals surface area contributed by atoms with Gasteiger partial charge in [0.25, 0.3) is 0 Å². The standard InChI is InChI=1S/C10H17NO/c1-4-6-11-8(2)10-5-7-12-9(10)3/h5,7-8,11H,4,6H2,1-3H3. The largest absolute Gasteiger partial charge is 0.469 e. The van der Waals surface area contributed by atoms with Gasteiger partial charge in [0.05, 0.1) is 6.26 Å². The Kier molecular flexibility index (Phi) is 3.35. The Morgan fingerprint density at radius 2 is 2.33 bits per heavy atom. The molecule has 2 nitrogen and oxygen atoms in total. The van der Waals surface area contributed by atoms with Gasteiger partial charge in [0, 0.05) is 11.6 Å². The highest BCUT2D eigenvalue weighted by atomic mass is 16.3. The van der Waals surface area contributed by atoms with Crippen molar-refractivity contribution in [3.8, 4) is 0 Å². The molecule has 0 fully saturated rings. The zero-order chi connectivity index (χ0) is 8.97. The molecule has 0 bridgehead atoms.